The van der Waals surface area contributed by atoms with Gasteiger partial charge in [0.25, 0.3) is 0 Å². The van der Waals surface area contributed by atoms with Gasteiger partial charge in [0, 0.05) is 5.69 Å². The van der Waals surface area contributed by atoms with Crippen LogP contribution in [-0.2, 0) is 11.2 Å². The van der Waals surface area contributed by atoms with Gasteiger partial charge in [0.05, 0.1) is 12.5 Å². The van der Waals surface area contributed by atoms with Gasteiger partial charge >= 0.3 is 0 Å². The molecular weight excluding hydrogens is 351 g/mol. The Labute approximate surface area is 155 Å². The van der Waals surface area contributed by atoms with Gasteiger partial charge in [0.2, 0.25) is 11.0 Å². The first-order valence-corrected chi connectivity index (χ1v) is 9.02. The molecule has 0 aliphatic carbocycles. The molecule has 7 heteroatoms. The van der Waals surface area contributed by atoms with Crippen molar-refractivity contribution in [1.82, 2.24) is 15.5 Å². The second kappa shape index (κ2) is 8.05. The molecule has 26 heavy (non-hydrogen) atoms. The van der Waals surface area contributed by atoms with Crippen LogP contribution in [0, 0.1) is 12.7 Å². The number of carbonyl (C=O) groups is 1. The Bertz CT molecular complexity index is 895. The van der Waals surface area contributed by atoms with E-state index in [0.717, 1.165) is 16.8 Å². The van der Waals surface area contributed by atoms with E-state index < -0.39 is 0 Å². The summed E-state index contributed by atoms with van der Waals surface area (Å²) in [6.07, 6.45) is 0.151. The lowest BCUT2D eigenvalue weighted by molar-refractivity contribution is -0.121. The smallest absolute Gasteiger partial charge is 0.227 e. The highest BCUT2D eigenvalue weighted by molar-refractivity contribution is 7.15. The van der Waals surface area contributed by atoms with Gasteiger partial charge in [0.1, 0.15) is 10.8 Å². The Morgan fingerprint density at radius 1 is 1.19 bits per heavy atom. The van der Waals surface area contributed by atoms with Crippen molar-refractivity contribution >= 4 is 28.1 Å². The zero-order valence-corrected chi connectivity index (χ0v) is 15.3. The summed E-state index contributed by atoms with van der Waals surface area (Å²) >= 11 is 1.34. The number of rotatable bonds is 6. The van der Waals surface area contributed by atoms with E-state index in [4.69, 9.17) is 0 Å². The standard InChI is InChI=1S/C19H19FN4OS/c1-12-4-3-5-16(10-12)22-19-24-23-18(26-19)11-17(25)21-13(2)14-6-8-15(20)9-7-14/h3-10,13H,11H2,1-2H3,(H,21,25)(H,22,24). The van der Waals surface area contributed by atoms with E-state index in [1.54, 1.807) is 12.1 Å². The van der Waals surface area contributed by atoms with E-state index >= 15 is 0 Å². The second-order valence-corrected chi connectivity index (χ2v) is 7.08. The number of nitrogens with zero attached hydrogens (tertiary/aromatic N) is 2. The molecule has 0 bridgehead atoms. The van der Waals surface area contributed by atoms with Crippen LogP contribution in [0.1, 0.15) is 29.1 Å². The van der Waals surface area contributed by atoms with E-state index in [-0.39, 0.29) is 24.2 Å². The molecular formula is C19H19FN4OS. The average Bonchev–Trinajstić information content (AvgIpc) is 3.02. The van der Waals surface area contributed by atoms with Crippen LogP contribution in [0.25, 0.3) is 0 Å². The van der Waals surface area contributed by atoms with E-state index in [0.29, 0.717) is 10.1 Å². The first-order valence-electron chi connectivity index (χ1n) is 8.20. The summed E-state index contributed by atoms with van der Waals surface area (Å²) in [5.74, 6) is -0.449. The highest BCUT2D eigenvalue weighted by Crippen LogP contribution is 2.22. The molecule has 0 radical (unpaired) electrons. The quantitative estimate of drug-likeness (QED) is 0.684. The van der Waals surface area contributed by atoms with Crippen LogP contribution < -0.4 is 10.6 Å². The molecule has 3 aromatic rings. The van der Waals surface area contributed by atoms with Gasteiger partial charge in [-0.2, -0.15) is 0 Å². The molecule has 0 saturated carbocycles. The summed E-state index contributed by atoms with van der Waals surface area (Å²) in [6, 6.07) is 13.8. The van der Waals surface area contributed by atoms with Gasteiger partial charge in [-0.25, -0.2) is 4.39 Å². The molecule has 0 fully saturated rings. The summed E-state index contributed by atoms with van der Waals surface area (Å²) in [5.41, 5.74) is 2.93. The molecule has 1 amide bonds. The Balaban J connectivity index is 1.56. The number of amides is 1. The van der Waals surface area contributed by atoms with Gasteiger partial charge in [-0.15, -0.1) is 10.2 Å². The SMILES string of the molecule is Cc1cccc(Nc2nnc(CC(=O)NC(C)c3ccc(F)cc3)s2)c1. The van der Waals surface area contributed by atoms with E-state index in [9.17, 15) is 9.18 Å². The Hall–Kier alpha value is -2.80. The Kier molecular flexibility index (Phi) is 5.58. The molecule has 2 N–H and O–H groups in total. The lowest BCUT2D eigenvalue weighted by Crippen LogP contribution is -2.28. The van der Waals surface area contributed by atoms with Crippen LogP contribution in [0.15, 0.2) is 48.5 Å². The topological polar surface area (TPSA) is 66.9 Å². The van der Waals surface area contributed by atoms with Crippen LogP contribution >= 0.6 is 11.3 Å². The molecule has 1 unspecified atom stereocenters. The maximum Gasteiger partial charge on any atom is 0.227 e. The van der Waals surface area contributed by atoms with Crippen LogP contribution in [0.5, 0.6) is 0 Å². The van der Waals surface area contributed by atoms with Crippen LogP contribution in [-0.4, -0.2) is 16.1 Å². The van der Waals surface area contributed by atoms with Crippen molar-refractivity contribution in [2.24, 2.45) is 0 Å². The Morgan fingerprint density at radius 2 is 1.96 bits per heavy atom. The number of hydrogen-bond acceptors (Lipinski definition) is 5. The minimum absolute atomic E-state index is 0.151. The largest absolute Gasteiger partial charge is 0.349 e. The lowest BCUT2D eigenvalue weighted by Gasteiger charge is -2.13. The summed E-state index contributed by atoms with van der Waals surface area (Å²) in [7, 11) is 0. The van der Waals surface area contributed by atoms with Crippen molar-refractivity contribution in [1.29, 1.82) is 0 Å². The molecule has 0 saturated heterocycles. The molecule has 0 aliphatic rings. The highest BCUT2D eigenvalue weighted by Gasteiger charge is 2.13. The minimum Gasteiger partial charge on any atom is -0.349 e. The summed E-state index contributed by atoms with van der Waals surface area (Å²) < 4.78 is 13.0. The van der Waals surface area contributed by atoms with E-state index in [1.165, 1.54) is 23.5 Å². The molecule has 3 rings (SSSR count). The minimum atomic E-state index is -0.297. The third-order valence-corrected chi connectivity index (χ3v) is 4.63. The highest BCUT2D eigenvalue weighted by atomic mass is 32.1. The maximum atomic E-state index is 13.0. The van der Waals surface area contributed by atoms with Crippen LogP contribution in [0.2, 0.25) is 0 Å². The maximum absolute atomic E-state index is 13.0. The molecule has 1 atom stereocenters. The van der Waals surface area contributed by atoms with Gasteiger partial charge in [-0.1, -0.05) is 35.6 Å². The molecule has 2 aromatic carbocycles. The van der Waals surface area contributed by atoms with Gasteiger partial charge in [0.15, 0.2) is 0 Å². The van der Waals surface area contributed by atoms with Crippen molar-refractivity contribution in [3.63, 3.8) is 0 Å². The van der Waals surface area contributed by atoms with Gasteiger partial charge in [-0.05, 0) is 49.2 Å². The lowest BCUT2D eigenvalue weighted by atomic mass is 10.1. The zero-order valence-electron chi connectivity index (χ0n) is 14.5. The van der Waals surface area contributed by atoms with Gasteiger partial charge < -0.3 is 10.6 Å². The fourth-order valence-electron chi connectivity index (χ4n) is 2.49. The number of halogens is 1. The summed E-state index contributed by atoms with van der Waals surface area (Å²) in [6.45, 7) is 3.87. The van der Waals surface area contributed by atoms with Crippen molar-refractivity contribution in [2.45, 2.75) is 26.3 Å². The third kappa shape index (κ3) is 4.86. The number of benzene rings is 2. The monoisotopic (exact) mass is 370 g/mol. The number of hydrogen-bond donors (Lipinski definition) is 2. The first kappa shape index (κ1) is 18.0. The molecule has 5 nitrogen and oxygen atoms in total. The third-order valence-electron chi connectivity index (χ3n) is 3.80. The van der Waals surface area contributed by atoms with Gasteiger partial charge in [-0.3, -0.25) is 4.79 Å². The molecule has 134 valence electrons. The van der Waals surface area contributed by atoms with E-state index in [1.807, 2.05) is 38.1 Å². The van der Waals surface area contributed by atoms with E-state index in [2.05, 4.69) is 20.8 Å². The predicted molar refractivity (Wildman–Crippen MR) is 101 cm³/mol. The predicted octanol–water partition coefficient (Wildman–Crippen LogP) is 4.15. The normalized spacial score (nSPS) is 11.8. The number of carbonyl (C=O) groups excluding carboxylic acids is 1. The number of nitrogens with one attached hydrogen (secondary N) is 2. The average molecular weight is 370 g/mol. The fraction of sp³-hybridized carbons (Fsp3) is 0.211. The first-order chi connectivity index (χ1) is 12.5. The number of aromatic nitrogens is 2. The van der Waals surface area contributed by atoms with Crippen molar-refractivity contribution in [3.05, 3.63) is 70.5 Å². The number of anilines is 2. The molecule has 0 aliphatic heterocycles. The summed E-state index contributed by atoms with van der Waals surface area (Å²) in [4.78, 5) is 12.2. The van der Waals surface area contributed by atoms with Crippen LogP contribution in [0.4, 0.5) is 15.2 Å². The van der Waals surface area contributed by atoms with Crippen molar-refractivity contribution < 1.29 is 9.18 Å². The molecule has 1 aromatic heterocycles. The van der Waals surface area contributed by atoms with Crippen molar-refractivity contribution in [3.8, 4) is 0 Å². The zero-order chi connectivity index (χ0) is 18.5. The fourth-order valence-corrected chi connectivity index (χ4v) is 3.25. The molecule has 0 spiro atoms. The van der Waals surface area contributed by atoms with Crippen LogP contribution in [0.3, 0.4) is 0 Å². The summed E-state index contributed by atoms with van der Waals surface area (Å²) in [5, 5.41) is 15.5. The molecule has 1 heterocycles. The van der Waals surface area contributed by atoms with Crippen molar-refractivity contribution in [2.75, 3.05) is 5.32 Å². The Morgan fingerprint density at radius 3 is 2.69 bits per heavy atom. The number of aryl methyl sites for hydroxylation is 1. The second-order valence-electron chi connectivity index (χ2n) is 6.01.